The molecular weight excluding hydrogens is 228 g/mol. The van der Waals surface area contributed by atoms with E-state index in [9.17, 15) is 9.59 Å². The van der Waals surface area contributed by atoms with E-state index < -0.39 is 10.8 Å². The minimum atomic E-state index is -0.839. The molecule has 2 aliphatic carbocycles. The number of rotatable bonds is 3. The molecule has 2 aliphatic rings. The number of ether oxygens (including phenoxy) is 1. The second-order valence-corrected chi connectivity index (χ2v) is 7.09. The highest BCUT2D eigenvalue weighted by atomic mass is 16.5. The third-order valence-corrected chi connectivity index (χ3v) is 4.55. The first-order valence-electron chi connectivity index (χ1n) is 6.98. The van der Waals surface area contributed by atoms with Crippen LogP contribution >= 0.6 is 0 Å². The van der Waals surface area contributed by atoms with Gasteiger partial charge in [0.15, 0.2) is 5.78 Å². The van der Waals surface area contributed by atoms with Crippen molar-refractivity contribution >= 4 is 11.8 Å². The van der Waals surface area contributed by atoms with Gasteiger partial charge in [0.1, 0.15) is 5.41 Å². The van der Waals surface area contributed by atoms with E-state index in [-0.39, 0.29) is 17.2 Å². The van der Waals surface area contributed by atoms with E-state index in [1.807, 2.05) is 20.8 Å². The van der Waals surface area contributed by atoms with Crippen molar-refractivity contribution in [3.63, 3.8) is 0 Å². The lowest BCUT2D eigenvalue weighted by Gasteiger charge is -2.59. The lowest BCUT2D eigenvalue weighted by molar-refractivity contribution is -0.188. The Labute approximate surface area is 109 Å². The first-order valence-corrected chi connectivity index (χ1v) is 6.98. The molecule has 0 N–H and O–H groups in total. The third-order valence-electron chi connectivity index (χ3n) is 4.55. The molecule has 0 unspecified atom stereocenters. The minimum absolute atomic E-state index is 0.0611. The van der Waals surface area contributed by atoms with E-state index in [1.165, 1.54) is 19.3 Å². The van der Waals surface area contributed by atoms with Gasteiger partial charge in [-0.3, -0.25) is 9.59 Å². The molecule has 2 rings (SSSR count). The van der Waals surface area contributed by atoms with Crippen LogP contribution in [0, 0.1) is 16.2 Å². The SMILES string of the molecule is CCOC(=O)C1(C(=O)C(C)(C)C)CC2(CCC2)C1. The molecule has 2 fully saturated rings. The molecule has 0 radical (unpaired) electrons. The fraction of sp³-hybridized carbons (Fsp3) is 0.867. The van der Waals surface area contributed by atoms with Crippen molar-refractivity contribution in [1.29, 1.82) is 0 Å². The van der Waals surface area contributed by atoms with Crippen LogP contribution in [0.4, 0.5) is 0 Å². The van der Waals surface area contributed by atoms with Crippen LogP contribution in [0.25, 0.3) is 0 Å². The summed E-state index contributed by atoms with van der Waals surface area (Å²) >= 11 is 0. The maximum Gasteiger partial charge on any atom is 0.319 e. The first-order chi connectivity index (χ1) is 8.26. The fourth-order valence-electron chi connectivity index (χ4n) is 3.64. The van der Waals surface area contributed by atoms with Crippen molar-refractivity contribution in [2.24, 2.45) is 16.2 Å². The Morgan fingerprint density at radius 1 is 1.17 bits per heavy atom. The van der Waals surface area contributed by atoms with E-state index in [0.29, 0.717) is 6.61 Å². The van der Waals surface area contributed by atoms with Gasteiger partial charge in [0, 0.05) is 5.41 Å². The predicted octanol–water partition coefficient (Wildman–Crippen LogP) is 3.12. The molecule has 0 bridgehead atoms. The molecule has 0 saturated heterocycles. The summed E-state index contributed by atoms with van der Waals surface area (Å²) in [4.78, 5) is 24.8. The van der Waals surface area contributed by atoms with Crippen LogP contribution in [-0.2, 0) is 14.3 Å². The van der Waals surface area contributed by atoms with E-state index >= 15 is 0 Å². The van der Waals surface area contributed by atoms with Gasteiger partial charge in [-0.25, -0.2) is 0 Å². The molecule has 0 aliphatic heterocycles. The Morgan fingerprint density at radius 3 is 2.06 bits per heavy atom. The lowest BCUT2D eigenvalue weighted by atomic mass is 9.42. The Hall–Kier alpha value is -0.860. The topological polar surface area (TPSA) is 43.4 Å². The van der Waals surface area contributed by atoms with E-state index in [1.54, 1.807) is 6.92 Å². The average Bonchev–Trinajstić information content (AvgIpc) is 2.12. The standard InChI is InChI=1S/C15H24O3/c1-5-18-12(17)15(11(16)13(2,3)4)9-14(10-15)7-6-8-14/h5-10H2,1-4H3. The van der Waals surface area contributed by atoms with E-state index in [4.69, 9.17) is 4.74 Å². The summed E-state index contributed by atoms with van der Waals surface area (Å²) in [6, 6.07) is 0. The van der Waals surface area contributed by atoms with Crippen LogP contribution in [0.15, 0.2) is 0 Å². The number of carbonyl (C=O) groups excluding carboxylic acids is 2. The highest BCUT2D eigenvalue weighted by Crippen LogP contribution is 2.66. The normalized spacial score (nSPS) is 24.0. The van der Waals surface area contributed by atoms with Gasteiger partial charge in [-0.1, -0.05) is 27.2 Å². The molecular formula is C15H24O3. The van der Waals surface area contributed by atoms with Crippen molar-refractivity contribution in [2.75, 3.05) is 6.61 Å². The number of esters is 1. The lowest BCUT2D eigenvalue weighted by Crippen LogP contribution is -2.61. The Morgan fingerprint density at radius 2 is 1.72 bits per heavy atom. The monoisotopic (exact) mass is 252 g/mol. The van der Waals surface area contributed by atoms with Crippen LogP contribution in [-0.4, -0.2) is 18.4 Å². The Bertz CT molecular complexity index is 364. The van der Waals surface area contributed by atoms with Gasteiger partial charge in [0.25, 0.3) is 0 Å². The molecule has 3 heteroatoms. The number of Topliss-reactive ketones (excluding diaryl/α,β-unsaturated/α-hetero) is 1. The number of carbonyl (C=O) groups is 2. The maximum atomic E-state index is 12.6. The largest absolute Gasteiger partial charge is 0.465 e. The van der Waals surface area contributed by atoms with Gasteiger partial charge in [-0.05, 0) is 38.0 Å². The summed E-state index contributed by atoms with van der Waals surface area (Å²) in [7, 11) is 0. The van der Waals surface area contributed by atoms with Crippen molar-refractivity contribution in [3.05, 3.63) is 0 Å². The molecule has 0 atom stereocenters. The Kier molecular flexibility index (Phi) is 3.07. The summed E-state index contributed by atoms with van der Waals surface area (Å²) in [5.74, 6) is -0.228. The van der Waals surface area contributed by atoms with Crippen LogP contribution in [0.1, 0.15) is 59.8 Å². The molecule has 0 aromatic heterocycles. The van der Waals surface area contributed by atoms with Crippen LogP contribution in [0.2, 0.25) is 0 Å². The highest BCUT2D eigenvalue weighted by molar-refractivity contribution is 6.07. The maximum absolute atomic E-state index is 12.6. The predicted molar refractivity (Wildman–Crippen MR) is 69.0 cm³/mol. The summed E-state index contributed by atoms with van der Waals surface area (Å²) < 4.78 is 5.17. The average molecular weight is 252 g/mol. The highest BCUT2D eigenvalue weighted by Gasteiger charge is 2.66. The molecule has 3 nitrogen and oxygen atoms in total. The molecule has 1 spiro atoms. The van der Waals surface area contributed by atoms with Crippen LogP contribution in [0.5, 0.6) is 0 Å². The van der Waals surface area contributed by atoms with Crippen molar-refractivity contribution < 1.29 is 14.3 Å². The van der Waals surface area contributed by atoms with E-state index in [2.05, 4.69) is 0 Å². The van der Waals surface area contributed by atoms with Gasteiger partial charge in [0.2, 0.25) is 0 Å². The molecule has 102 valence electrons. The van der Waals surface area contributed by atoms with Gasteiger partial charge < -0.3 is 4.74 Å². The van der Waals surface area contributed by atoms with Gasteiger partial charge in [-0.15, -0.1) is 0 Å². The van der Waals surface area contributed by atoms with Crippen molar-refractivity contribution in [3.8, 4) is 0 Å². The quantitative estimate of drug-likeness (QED) is 0.572. The van der Waals surface area contributed by atoms with Gasteiger partial charge in [-0.2, -0.15) is 0 Å². The fourth-order valence-corrected chi connectivity index (χ4v) is 3.64. The van der Waals surface area contributed by atoms with Crippen LogP contribution < -0.4 is 0 Å². The first kappa shape index (κ1) is 13.6. The number of hydrogen-bond donors (Lipinski definition) is 0. The number of ketones is 1. The van der Waals surface area contributed by atoms with E-state index in [0.717, 1.165) is 12.8 Å². The second-order valence-electron chi connectivity index (χ2n) is 7.09. The summed E-state index contributed by atoms with van der Waals surface area (Å²) in [5.41, 5.74) is -1.03. The zero-order valence-corrected chi connectivity index (χ0v) is 12.0. The zero-order valence-electron chi connectivity index (χ0n) is 12.0. The minimum Gasteiger partial charge on any atom is -0.465 e. The summed E-state index contributed by atoms with van der Waals surface area (Å²) in [6.07, 6.45) is 5.02. The summed E-state index contributed by atoms with van der Waals surface area (Å²) in [5, 5.41) is 0. The second kappa shape index (κ2) is 4.07. The third kappa shape index (κ3) is 1.88. The number of hydrogen-bond acceptors (Lipinski definition) is 3. The molecule has 0 aromatic rings. The summed E-state index contributed by atoms with van der Waals surface area (Å²) in [6.45, 7) is 7.82. The Balaban J connectivity index is 2.20. The molecule has 2 saturated carbocycles. The smallest absolute Gasteiger partial charge is 0.319 e. The molecule has 0 aromatic carbocycles. The molecule has 18 heavy (non-hydrogen) atoms. The zero-order chi connectivity index (χ0) is 13.6. The van der Waals surface area contributed by atoms with Crippen molar-refractivity contribution in [2.45, 2.75) is 59.8 Å². The van der Waals surface area contributed by atoms with Gasteiger partial charge >= 0.3 is 5.97 Å². The molecule has 0 heterocycles. The van der Waals surface area contributed by atoms with Gasteiger partial charge in [0.05, 0.1) is 6.61 Å². The van der Waals surface area contributed by atoms with Crippen molar-refractivity contribution in [1.82, 2.24) is 0 Å². The van der Waals surface area contributed by atoms with Crippen LogP contribution in [0.3, 0.4) is 0 Å². The molecule has 0 amide bonds.